The highest BCUT2D eigenvalue weighted by Crippen LogP contribution is 2.39. The van der Waals surface area contributed by atoms with Crippen molar-refractivity contribution >= 4 is 54.5 Å². The van der Waals surface area contributed by atoms with Crippen LogP contribution >= 0.6 is 31.9 Å². The zero-order valence-electron chi connectivity index (χ0n) is 19.1. The quantitative estimate of drug-likeness (QED) is 0.140. The molecule has 9 heteroatoms. The Balaban J connectivity index is 1.72. The number of nitrogens with two attached hydrogens (primary N) is 1. The number of carbonyl (C=O) groups is 2. The van der Waals surface area contributed by atoms with E-state index in [1.807, 2.05) is 30.3 Å². The van der Waals surface area contributed by atoms with Crippen molar-refractivity contribution in [1.29, 1.82) is 0 Å². The maximum absolute atomic E-state index is 13.6. The highest BCUT2D eigenvalue weighted by molar-refractivity contribution is 9.11. The van der Waals surface area contributed by atoms with Crippen molar-refractivity contribution in [3.05, 3.63) is 86.0 Å². The molecule has 1 aromatic heterocycles. The summed E-state index contributed by atoms with van der Waals surface area (Å²) in [5.41, 5.74) is 7.19. The van der Waals surface area contributed by atoms with Gasteiger partial charge in [0.2, 0.25) is 5.91 Å². The van der Waals surface area contributed by atoms with Gasteiger partial charge in [0, 0.05) is 29.9 Å². The minimum Gasteiger partial charge on any atom is -0.506 e. The van der Waals surface area contributed by atoms with Crippen LogP contribution in [0, 0.1) is 0 Å². The fourth-order valence-corrected chi connectivity index (χ4v) is 5.05. The molecule has 0 aliphatic heterocycles. The van der Waals surface area contributed by atoms with E-state index in [4.69, 9.17) is 14.9 Å². The van der Waals surface area contributed by atoms with Crippen molar-refractivity contribution in [3.8, 4) is 17.2 Å². The lowest BCUT2D eigenvalue weighted by atomic mass is 9.97. The van der Waals surface area contributed by atoms with Crippen LogP contribution in [-0.4, -0.2) is 21.9 Å². The van der Waals surface area contributed by atoms with Crippen LogP contribution in [0.3, 0.4) is 0 Å². The lowest BCUT2D eigenvalue weighted by Crippen LogP contribution is -2.10. The van der Waals surface area contributed by atoms with Crippen molar-refractivity contribution in [1.82, 2.24) is 0 Å². The number of hydrogen-bond acceptors (Lipinski definition) is 6. The van der Waals surface area contributed by atoms with Crippen molar-refractivity contribution in [3.63, 3.8) is 0 Å². The Bertz CT molecular complexity index is 1410. The number of ether oxygens (including phenoxy) is 1. The van der Waals surface area contributed by atoms with Gasteiger partial charge in [0.25, 0.3) is 0 Å². The predicted molar refractivity (Wildman–Crippen MR) is 142 cm³/mol. The third-order valence-electron chi connectivity index (χ3n) is 5.66. The first kappa shape index (κ1) is 25.8. The van der Waals surface area contributed by atoms with Gasteiger partial charge in [0.1, 0.15) is 23.7 Å². The van der Waals surface area contributed by atoms with Crippen molar-refractivity contribution in [2.24, 2.45) is 5.73 Å². The van der Waals surface area contributed by atoms with E-state index in [-0.39, 0.29) is 42.0 Å². The van der Waals surface area contributed by atoms with Crippen molar-refractivity contribution in [2.75, 3.05) is 0 Å². The summed E-state index contributed by atoms with van der Waals surface area (Å²) in [6.45, 7) is 0.252. The minimum absolute atomic E-state index is 0.0203. The number of halogens is 2. The zero-order valence-corrected chi connectivity index (χ0v) is 22.3. The van der Waals surface area contributed by atoms with Gasteiger partial charge in [-0.1, -0.05) is 30.3 Å². The average molecular weight is 617 g/mol. The summed E-state index contributed by atoms with van der Waals surface area (Å²) in [5, 5.41) is 21.2. The second-order valence-electron chi connectivity index (χ2n) is 8.28. The molecule has 0 saturated heterocycles. The number of rotatable bonds is 10. The molecule has 36 heavy (non-hydrogen) atoms. The standard InChI is InChI=1S/C27H23Br2NO6/c28-18-10-16(11-19(29)27(18)34)26(33)25-17-12-20(31)23(35-14-15-6-2-1-3-7-15)13-22(17)36-21(25)8-4-5-9-24(30)32/h1-3,6-7,10-13,31,34H,4-5,8-9,14H2,(H2,30,32). The maximum Gasteiger partial charge on any atom is 0.217 e. The topological polar surface area (TPSA) is 123 Å². The van der Waals surface area contributed by atoms with Crippen LogP contribution in [0.1, 0.15) is 46.5 Å². The van der Waals surface area contributed by atoms with Gasteiger partial charge in [-0.25, -0.2) is 0 Å². The summed E-state index contributed by atoms with van der Waals surface area (Å²) in [6.07, 6.45) is 1.76. The molecule has 4 aromatic rings. The summed E-state index contributed by atoms with van der Waals surface area (Å²) in [7, 11) is 0. The normalized spacial score (nSPS) is 11.1. The van der Waals surface area contributed by atoms with Crippen LogP contribution in [0.25, 0.3) is 11.0 Å². The number of hydrogen-bond donors (Lipinski definition) is 3. The molecule has 4 N–H and O–H groups in total. The van der Waals surface area contributed by atoms with Gasteiger partial charge in [-0.05, 0) is 68.5 Å². The Hall–Kier alpha value is -3.30. The van der Waals surface area contributed by atoms with Gasteiger partial charge in [0.15, 0.2) is 17.3 Å². The fraction of sp³-hybridized carbons (Fsp3) is 0.185. The molecule has 0 spiro atoms. The number of amides is 1. The number of primary amides is 1. The van der Waals surface area contributed by atoms with Crippen LogP contribution in [0.4, 0.5) is 0 Å². The number of carbonyl (C=O) groups excluding carboxylic acids is 2. The predicted octanol–water partition coefficient (Wildman–Crippen LogP) is 6.38. The molecule has 0 bridgehead atoms. The molecule has 4 rings (SSSR count). The Kier molecular flexibility index (Phi) is 8.01. The highest BCUT2D eigenvalue weighted by Gasteiger charge is 2.25. The molecule has 186 valence electrons. The SMILES string of the molecule is NC(=O)CCCCc1oc2cc(OCc3ccccc3)c(O)cc2c1C(=O)c1cc(Br)c(O)c(Br)c1. The summed E-state index contributed by atoms with van der Waals surface area (Å²) in [5.74, 6) is -0.208. The molecule has 0 saturated carbocycles. The van der Waals surface area contributed by atoms with E-state index in [1.54, 1.807) is 6.07 Å². The van der Waals surface area contributed by atoms with Gasteiger partial charge in [0.05, 0.1) is 14.5 Å². The number of unbranched alkanes of at least 4 members (excludes halogenated alkanes) is 1. The lowest BCUT2D eigenvalue weighted by Gasteiger charge is -2.09. The van der Waals surface area contributed by atoms with Crippen molar-refractivity contribution in [2.45, 2.75) is 32.3 Å². The largest absolute Gasteiger partial charge is 0.506 e. The molecule has 0 unspecified atom stereocenters. The number of phenolic OH excluding ortho intramolecular Hbond substituents is 2. The number of aromatic hydroxyl groups is 2. The molecular formula is C27H23Br2NO6. The van der Waals surface area contributed by atoms with E-state index in [2.05, 4.69) is 31.9 Å². The Morgan fingerprint density at radius 2 is 1.67 bits per heavy atom. The van der Waals surface area contributed by atoms with E-state index in [0.717, 1.165) is 5.56 Å². The number of furan rings is 1. The summed E-state index contributed by atoms with van der Waals surface area (Å²) in [6, 6.07) is 15.6. The third-order valence-corrected chi connectivity index (χ3v) is 6.87. The Morgan fingerprint density at radius 3 is 2.33 bits per heavy atom. The molecule has 0 aliphatic rings. The first-order chi connectivity index (χ1) is 17.2. The van der Waals surface area contributed by atoms with Crippen LogP contribution in [-0.2, 0) is 17.8 Å². The first-order valence-corrected chi connectivity index (χ1v) is 12.8. The maximum atomic E-state index is 13.6. The second kappa shape index (κ2) is 11.2. The van der Waals surface area contributed by atoms with Gasteiger partial charge in [-0.15, -0.1) is 0 Å². The molecule has 0 radical (unpaired) electrons. The summed E-state index contributed by atoms with van der Waals surface area (Å²) < 4.78 is 12.6. The molecular weight excluding hydrogens is 594 g/mol. The smallest absolute Gasteiger partial charge is 0.217 e. The van der Waals surface area contributed by atoms with E-state index in [0.29, 0.717) is 56.1 Å². The van der Waals surface area contributed by atoms with Crippen LogP contribution in [0.2, 0.25) is 0 Å². The highest BCUT2D eigenvalue weighted by atomic mass is 79.9. The van der Waals surface area contributed by atoms with Gasteiger partial charge >= 0.3 is 0 Å². The zero-order chi connectivity index (χ0) is 25.8. The van der Waals surface area contributed by atoms with Crippen molar-refractivity contribution < 1.29 is 29.0 Å². The van der Waals surface area contributed by atoms with E-state index in [1.165, 1.54) is 18.2 Å². The first-order valence-electron chi connectivity index (χ1n) is 11.2. The molecule has 1 heterocycles. The molecule has 3 aromatic carbocycles. The third kappa shape index (κ3) is 5.74. The molecule has 0 aliphatic carbocycles. The average Bonchev–Trinajstić information content (AvgIpc) is 3.20. The minimum atomic E-state index is -0.389. The molecule has 7 nitrogen and oxygen atoms in total. The Labute approximate surface area is 224 Å². The Morgan fingerprint density at radius 1 is 0.972 bits per heavy atom. The number of phenols is 2. The second-order valence-corrected chi connectivity index (χ2v) is 9.99. The van der Waals surface area contributed by atoms with Crippen LogP contribution < -0.4 is 10.5 Å². The number of aryl methyl sites for hydroxylation is 1. The van der Waals surface area contributed by atoms with Crippen LogP contribution in [0.5, 0.6) is 17.2 Å². The van der Waals surface area contributed by atoms with Gasteiger partial charge < -0.3 is 25.1 Å². The lowest BCUT2D eigenvalue weighted by molar-refractivity contribution is -0.118. The van der Waals surface area contributed by atoms with Gasteiger partial charge in [-0.2, -0.15) is 0 Å². The van der Waals surface area contributed by atoms with E-state index in [9.17, 15) is 19.8 Å². The summed E-state index contributed by atoms with van der Waals surface area (Å²) >= 11 is 6.53. The molecule has 0 atom stereocenters. The number of ketones is 1. The number of fused-ring (bicyclic) bond motifs is 1. The van der Waals surface area contributed by atoms with Crippen LogP contribution in [0.15, 0.2) is 68.0 Å². The monoisotopic (exact) mass is 615 g/mol. The van der Waals surface area contributed by atoms with E-state index < -0.39 is 0 Å². The number of benzene rings is 3. The molecule has 0 fully saturated rings. The fourth-order valence-electron chi connectivity index (χ4n) is 3.87. The molecule has 1 amide bonds. The van der Waals surface area contributed by atoms with Gasteiger partial charge in [-0.3, -0.25) is 9.59 Å². The van der Waals surface area contributed by atoms with E-state index >= 15 is 0 Å². The summed E-state index contributed by atoms with van der Waals surface area (Å²) in [4.78, 5) is 24.8.